The van der Waals surface area contributed by atoms with Crippen LogP contribution in [0, 0.1) is 5.41 Å². The summed E-state index contributed by atoms with van der Waals surface area (Å²) in [6.45, 7) is 4.34. The van der Waals surface area contributed by atoms with E-state index in [1.54, 1.807) is 0 Å². The molecule has 4 nitrogen and oxygen atoms in total. The lowest BCUT2D eigenvalue weighted by Gasteiger charge is -2.50. The van der Waals surface area contributed by atoms with Gasteiger partial charge in [0.05, 0.1) is 17.5 Å². The van der Waals surface area contributed by atoms with Crippen LogP contribution in [0.3, 0.4) is 0 Å². The van der Waals surface area contributed by atoms with Crippen molar-refractivity contribution in [2.24, 2.45) is 10.5 Å². The summed E-state index contributed by atoms with van der Waals surface area (Å²) in [4.78, 5) is 0. The smallest absolute Gasteiger partial charge is 0.221 e. The summed E-state index contributed by atoms with van der Waals surface area (Å²) in [6.07, 6.45) is 4.07. The SMILES string of the molecule is CC1(C)CC(O)=C[C@]2(C1)Oc1ccc(Br)cc1[C@H]1CC(c3ccc(Br)cc3)=NN12. The molecule has 0 bridgehead atoms. The second-order valence-corrected chi connectivity index (χ2v) is 10.7. The van der Waals surface area contributed by atoms with E-state index in [2.05, 4.69) is 68.9 Å². The monoisotopic (exact) mass is 516 g/mol. The summed E-state index contributed by atoms with van der Waals surface area (Å²) in [6, 6.07) is 14.5. The first kappa shape index (κ1) is 19.2. The van der Waals surface area contributed by atoms with Gasteiger partial charge in [0.1, 0.15) is 5.75 Å². The van der Waals surface area contributed by atoms with Crippen molar-refractivity contribution in [2.75, 3.05) is 0 Å². The van der Waals surface area contributed by atoms with Crippen LogP contribution in [0.4, 0.5) is 0 Å². The fourth-order valence-electron chi connectivity index (χ4n) is 4.84. The standard InChI is InChI=1S/C23H22Br2N2O2/c1-22(2)11-17(28)12-23(13-22)27-20(18-9-16(25)7-8-21(18)29-23)10-19(26-27)14-3-5-15(24)6-4-14/h3-9,12,20,28H,10-11,13H2,1-2H3/t20-,23-/m1/s1. The van der Waals surface area contributed by atoms with Crippen LogP contribution in [0.25, 0.3) is 0 Å². The number of rotatable bonds is 1. The average molecular weight is 518 g/mol. The summed E-state index contributed by atoms with van der Waals surface area (Å²) in [7, 11) is 0. The molecule has 2 aromatic rings. The Labute approximate surface area is 187 Å². The summed E-state index contributed by atoms with van der Waals surface area (Å²) in [5.41, 5.74) is 2.39. The Morgan fingerprint density at radius 3 is 2.55 bits per heavy atom. The molecule has 3 aliphatic rings. The Hall–Kier alpha value is -1.79. The fourth-order valence-corrected chi connectivity index (χ4v) is 5.48. The van der Waals surface area contributed by atoms with Crippen LogP contribution in [0.1, 0.15) is 50.3 Å². The number of ether oxygens (including phenoxy) is 1. The molecule has 0 radical (unpaired) electrons. The predicted molar refractivity (Wildman–Crippen MR) is 121 cm³/mol. The number of halogens is 2. The van der Waals surface area contributed by atoms with E-state index in [1.165, 1.54) is 0 Å². The van der Waals surface area contributed by atoms with E-state index in [1.807, 2.05) is 30.3 Å². The molecule has 0 amide bonds. The second-order valence-electron chi connectivity index (χ2n) is 8.90. The highest BCUT2D eigenvalue weighted by molar-refractivity contribution is 9.10. The maximum absolute atomic E-state index is 10.6. The van der Waals surface area contributed by atoms with Crippen molar-refractivity contribution < 1.29 is 9.84 Å². The largest absolute Gasteiger partial charge is 0.512 e. The molecule has 1 aliphatic carbocycles. The molecule has 1 spiro atoms. The summed E-state index contributed by atoms with van der Waals surface area (Å²) < 4.78 is 8.67. The molecule has 150 valence electrons. The van der Waals surface area contributed by atoms with Crippen LogP contribution in [-0.2, 0) is 0 Å². The highest BCUT2D eigenvalue weighted by Gasteiger charge is 2.53. The van der Waals surface area contributed by atoms with Crippen molar-refractivity contribution in [1.82, 2.24) is 5.01 Å². The third kappa shape index (κ3) is 3.30. The Bertz CT molecular complexity index is 1050. The third-order valence-corrected chi connectivity index (χ3v) is 6.90. The van der Waals surface area contributed by atoms with Gasteiger partial charge in [-0.3, -0.25) is 0 Å². The van der Waals surface area contributed by atoms with Gasteiger partial charge < -0.3 is 9.84 Å². The minimum absolute atomic E-state index is 0.0628. The quantitative estimate of drug-likeness (QED) is 0.457. The topological polar surface area (TPSA) is 45.1 Å². The zero-order valence-corrected chi connectivity index (χ0v) is 19.5. The molecule has 0 aromatic heterocycles. The molecule has 6 heteroatoms. The zero-order chi connectivity index (χ0) is 20.4. The highest BCUT2D eigenvalue weighted by Crippen LogP contribution is 2.53. The summed E-state index contributed by atoms with van der Waals surface area (Å²) in [5.74, 6) is 1.23. The molecule has 0 saturated heterocycles. The number of hydrogen-bond acceptors (Lipinski definition) is 4. The van der Waals surface area contributed by atoms with E-state index in [0.717, 1.165) is 44.4 Å². The molecule has 2 aliphatic heterocycles. The number of hydrogen-bond donors (Lipinski definition) is 1. The first-order valence-corrected chi connectivity index (χ1v) is 11.4. The molecule has 29 heavy (non-hydrogen) atoms. The first-order valence-electron chi connectivity index (χ1n) is 9.77. The van der Waals surface area contributed by atoms with Gasteiger partial charge in [-0.2, -0.15) is 5.10 Å². The number of hydrazone groups is 1. The predicted octanol–water partition coefficient (Wildman–Crippen LogP) is 6.71. The van der Waals surface area contributed by atoms with Crippen molar-refractivity contribution in [3.63, 3.8) is 0 Å². The average Bonchev–Trinajstić information content (AvgIpc) is 3.08. The molecule has 2 aromatic carbocycles. The molecule has 1 N–H and O–H groups in total. The molecule has 2 heterocycles. The van der Waals surface area contributed by atoms with Crippen LogP contribution in [0.15, 0.2) is 68.3 Å². The minimum Gasteiger partial charge on any atom is -0.512 e. The van der Waals surface area contributed by atoms with Gasteiger partial charge in [-0.15, -0.1) is 0 Å². The van der Waals surface area contributed by atoms with Gasteiger partial charge in [0.2, 0.25) is 5.72 Å². The summed E-state index contributed by atoms with van der Waals surface area (Å²) >= 11 is 7.11. The highest BCUT2D eigenvalue weighted by atomic mass is 79.9. The Morgan fingerprint density at radius 2 is 1.83 bits per heavy atom. The van der Waals surface area contributed by atoms with Crippen LogP contribution >= 0.6 is 31.9 Å². The van der Waals surface area contributed by atoms with Gasteiger partial charge >= 0.3 is 0 Å². The van der Waals surface area contributed by atoms with Crippen molar-refractivity contribution in [3.8, 4) is 5.75 Å². The number of aliphatic hydroxyl groups excluding tert-OH is 1. The number of nitrogens with zero attached hydrogens (tertiary/aromatic N) is 2. The number of benzene rings is 2. The number of allylic oxidation sites excluding steroid dienone is 1. The summed E-state index contributed by atoms with van der Waals surface area (Å²) in [5, 5.41) is 17.7. The van der Waals surface area contributed by atoms with Crippen molar-refractivity contribution in [1.29, 1.82) is 0 Å². The normalized spacial score (nSPS) is 27.0. The van der Waals surface area contributed by atoms with E-state index in [4.69, 9.17) is 9.84 Å². The van der Waals surface area contributed by atoms with E-state index in [0.29, 0.717) is 12.2 Å². The molecule has 2 atom stereocenters. The van der Waals surface area contributed by atoms with Crippen molar-refractivity contribution in [3.05, 3.63) is 74.4 Å². The van der Waals surface area contributed by atoms with E-state index in [-0.39, 0.29) is 11.5 Å². The Balaban J connectivity index is 1.66. The number of aliphatic hydroxyl groups is 1. The van der Waals surface area contributed by atoms with Crippen molar-refractivity contribution >= 4 is 37.6 Å². The van der Waals surface area contributed by atoms with Gasteiger partial charge in [-0.1, -0.05) is 57.8 Å². The van der Waals surface area contributed by atoms with E-state index in [9.17, 15) is 5.11 Å². The van der Waals surface area contributed by atoms with Crippen LogP contribution in [0.2, 0.25) is 0 Å². The van der Waals surface area contributed by atoms with Crippen LogP contribution in [0.5, 0.6) is 5.75 Å². The van der Waals surface area contributed by atoms with Crippen molar-refractivity contribution in [2.45, 2.75) is 44.9 Å². The molecular weight excluding hydrogens is 496 g/mol. The maximum atomic E-state index is 10.6. The fraction of sp³-hybridized carbons (Fsp3) is 0.348. The van der Waals surface area contributed by atoms with Crippen LogP contribution < -0.4 is 4.74 Å². The molecule has 0 saturated carbocycles. The van der Waals surface area contributed by atoms with Gasteiger partial charge in [-0.25, -0.2) is 5.01 Å². The van der Waals surface area contributed by atoms with Gasteiger partial charge in [0.25, 0.3) is 0 Å². The van der Waals surface area contributed by atoms with Gasteiger partial charge in [-0.05, 0) is 41.3 Å². The lowest BCUT2D eigenvalue weighted by molar-refractivity contribution is -0.115. The lowest BCUT2D eigenvalue weighted by Crippen LogP contribution is -2.56. The van der Waals surface area contributed by atoms with E-state index < -0.39 is 5.72 Å². The minimum atomic E-state index is -0.783. The molecular formula is C23H22Br2N2O2. The second kappa shape index (κ2) is 6.61. The zero-order valence-electron chi connectivity index (χ0n) is 16.3. The lowest BCUT2D eigenvalue weighted by atomic mass is 9.75. The molecule has 0 unspecified atom stereocenters. The third-order valence-electron chi connectivity index (χ3n) is 5.88. The first-order chi connectivity index (χ1) is 13.7. The Morgan fingerprint density at radius 1 is 1.10 bits per heavy atom. The van der Waals surface area contributed by atoms with Gasteiger partial charge in [0.15, 0.2) is 0 Å². The Kier molecular flexibility index (Phi) is 4.37. The van der Waals surface area contributed by atoms with Crippen LogP contribution in [-0.4, -0.2) is 21.6 Å². The maximum Gasteiger partial charge on any atom is 0.221 e. The van der Waals surface area contributed by atoms with Gasteiger partial charge in [0, 0.05) is 39.8 Å². The number of fused-ring (bicyclic) bond motifs is 4. The molecule has 5 rings (SSSR count). The molecule has 0 fully saturated rings. The van der Waals surface area contributed by atoms with E-state index >= 15 is 0 Å².